The molecular weight excluding hydrogens is 375 g/mol. The molecule has 0 radical (unpaired) electrons. The molecule has 0 aromatic heterocycles. The van der Waals surface area contributed by atoms with Crippen LogP contribution in [0.1, 0.15) is 11.1 Å². The SMILES string of the molecule is N#Cc1cc(Br)cc(NCc2cc(F)ccc2Br)c1. The van der Waals surface area contributed by atoms with E-state index in [1.165, 1.54) is 12.1 Å². The summed E-state index contributed by atoms with van der Waals surface area (Å²) >= 11 is 6.72. The van der Waals surface area contributed by atoms with Crippen LogP contribution in [0.5, 0.6) is 0 Å². The number of anilines is 1. The zero-order valence-electron chi connectivity index (χ0n) is 9.75. The second kappa shape index (κ2) is 6.18. The summed E-state index contributed by atoms with van der Waals surface area (Å²) in [6, 6.07) is 12.0. The topological polar surface area (TPSA) is 35.8 Å². The molecule has 2 aromatic carbocycles. The normalized spacial score (nSPS) is 10.0. The maximum absolute atomic E-state index is 13.2. The summed E-state index contributed by atoms with van der Waals surface area (Å²) in [7, 11) is 0. The third-order valence-corrected chi connectivity index (χ3v) is 3.75. The molecule has 0 aliphatic carbocycles. The van der Waals surface area contributed by atoms with Crippen molar-refractivity contribution in [1.29, 1.82) is 5.26 Å². The second-order valence-corrected chi connectivity index (χ2v) is 5.70. The zero-order chi connectivity index (χ0) is 13.8. The van der Waals surface area contributed by atoms with Crippen LogP contribution in [0.25, 0.3) is 0 Å². The van der Waals surface area contributed by atoms with E-state index in [-0.39, 0.29) is 5.82 Å². The van der Waals surface area contributed by atoms with Crippen LogP contribution in [-0.2, 0) is 6.54 Å². The Morgan fingerprint density at radius 1 is 1.16 bits per heavy atom. The van der Waals surface area contributed by atoms with Gasteiger partial charge in [0.1, 0.15) is 5.82 Å². The predicted octanol–water partition coefficient (Wildman–Crippen LogP) is 4.83. The van der Waals surface area contributed by atoms with Crippen LogP contribution in [-0.4, -0.2) is 0 Å². The monoisotopic (exact) mass is 382 g/mol. The first-order chi connectivity index (χ1) is 9.08. The largest absolute Gasteiger partial charge is 0.381 e. The Labute approximate surface area is 127 Å². The molecule has 2 rings (SSSR count). The molecule has 0 bridgehead atoms. The fourth-order valence-electron chi connectivity index (χ4n) is 1.63. The summed E-state index contributed by atoms with van der Waals surface area (Å²) < 4.78 is 14.8. The number of hydrogen-bond acceptors (Lipinski definition) is 2. The van der Waals surface area contributed by atoms with Crippen molar-refractivity contribution in [2.24, 2.45) is 0 Å². The number of benzene rings is 2. The highest BCUT2D eigenvalue weighted by Gasteiger charge is 2.03. The molecule has 19 heavy (non-hydrogen) atoms. The number of nitriles is 1. The highest BCUT2D eigenvalue weighted by atomic mass is 79.9. The van der Waals surface area contributed by atoms with E-state index >= 15 is 0 Å². The summed E-state index contributed by atoms with van der Waals surface area (Å²) in [6.07, 6.45) is 0. The van der Waals surface area contributed by atoms with Gasteiger partial charge in [-0.25, -0.2) is 4.39 Å². The molecule has 0 saturated carbocycles. The first kappa shape index (κ1) is 14.0. The van der Waals surface area contributed by atoms with Gasteiger partial charge in [0, 0.05) is 21.2 Å². The molecular formula is C14H9Br2FN2. The molecule has 0 amide bonds. The van der Waals surface area contributed by atoms with E-state index in [1.807, 2.05) is 6.07 Å². The number of hydrogen-bond donors (Lipinski definition) is 1. The Balaban J connectivity index is 2.17. The van der Waals surface area contributed by atoms with Crippen LogP contribution in [0.2, 0.25) is 0 Å². The van der Waals surface area contributed by atoms with Crippen LogP contribution < -0.4 is 5.32 Å². The Bertz CT molecular complexity index is 650. The summed E-state index contributed by atoms with van der Waals surface area (Å²) in [5.74, 6) is -0.271. The van der Waals surface area contributed by atoms with E-state index in [0.717, 1.165) is 20.2 Å². The third-order valence-electron chi connectivity index (χ3n) is 2.52. The maximum atomic E-state index is 13.2. The smallest absolute Gasteiger partial charge is 0.123 e. The van der Waals surface area contributed by atoms with Crippen molar-refractivity contribution in [2.75, 3.05) is 5.32 Å². The Morgan fingerprint density at radius 2 is 1.95 bits per heavy atom. The molecule has 0 unspecified atom stereocenters. The molecule has 0 atom stereocenters. The molecule has 2 nitrogen and oxygen atoms in total. The predicted molar refractivity (Wildman–Crippen MR) is 80.3 cm³/mol. The van der Waals surface area contributed by atoms with Crippen molar-refractivity contribution in [3.63, 3.8) is 0 Å². The van der Waals surface area contributed by atoms with Gasteiger partial charge in [-0.1, -0.05) is 31.9 Å². The van der Waals surface area contributed by atoms with Gasteiger partial charge in [0.15, 0.2) is 0 Å². The fourth-order valence-corrected chi connectivity index (χ4v) is 2.51. The quantitative estimate of drug-likeness (QED) is 0.823. The molecule has 0 aliphatic heterocycles. The number of halogens is 3. The van der Waals surface area contributed by atoms with E-state index in [4.69, 9.17) is 5.26 Å². The Kier molecular flexibility index (Phi) is 4.56. The van der Waals surface area contributed by atoms with E-state index < -0.39 is 0 Å². The van der Waals surface area contributed by atoms with Gasteiger partial charge in [-0.2, -0.15) is 5.26 Å². The minimum Gasteiger partial charge on any atom is -0.381 e. The van der Waals surface area contributed by atoms with Crippen LogP contribution in [0, 0.1) is 17.1 Å². The highest BCUT2D eigenvalue weighted by Crippen LogP contribution is 2.22. The molecule has 0 fully saturated rings. The maximum Gasteiger partial charge on any atom is 0.123 e. The molecule has 0 saturated heterocycles. The zero-order valence-corrected chi connectivity index (χ0v) is 12.9. The lowest BCUT2D eigenvalue weighted by molar-refractivity contribution is 0.625. The highest BCUT2D eigenvalue weighted by molar-refractivity contribution is 9.10. The second-order valence-electron chi connectivity index (χ2n) is 3.93. The van der Waals surface area contributed by atoms with Crippen LogP contribution in [0.4, 0.5) is 10.1 Å². The number of nitrogens with one attached hydrogen (secondary N) is 1. The minimum absolute atomic E-state index is 0.271. The van der Waals surface area contributed by atoms with E-state index in [1.54, 1.807) is 18.2 Å². The minimum atomic E-state index is -0.271. The lowest BCUT2D eigenvalue weighted by Gasteiger charge is -2.09. The van der Waals surface area contributed by atoms with Gasteiger partial charge in [0.05, 0.1) is 11.6 Å². The lowest BCUT2D eigenvalue weighted by atomic mass is 10.2. The van der Waals surface area contributed by atoms with Crippen molar-refractivity contribution in [3.05, 3.63) is 62.3 Å². The summed E-state index contributed by atoms with van der Waals surface area (Å²) in [5, 5.41) is 12.1. The fraction of sp³-hybridized carbons (Fsp3) is 0.0714. The average Bonchev–Trinajstić information content (AvgIpc) is 2.39. The van der Waals surface area contributed by atoms with E-state index in [9.17, 15) is 4.39 Å². The number of rotatable bonds is 3. The van der Waals surface area contributed by atoms with Crippen molar-refractivity contribution < 1.29 is 4.39 Å². The van der Waals surface area contributed by atoms with Crippen LogP contribution in [0.3, 0.4) is 0 Å². The van der Waals surface area contributed by atoms with E-state index in [2.05, 4.69) is 43.2 Å². The Morgan fingerprint density at radius 3 is 2.68 bits per heavy atom. The van der Waals surface area contributed by atoms with Crippen LogP contribution in [0.15, 0.2) is 45.3 Å². The van der Waals surface area contributed by atoms with Gasteiger partial charge >= 0.3 is 0 Å². The summed E-state index contributed by atoms with van der Waals surface area (Å²) in [5.41, 5.74) is 2.19. The molecule has 0 aliphatic rings. The van der Waals surface area contributed by atoms with Gasteiger partial charge in [-0.05, 0) is 42.0 Å². The van der Waals surface area contributed by atoms with E-state index in [0.29, 0.717) is 12.1 Å². The third kappa shape index (κ3) is 3.79. The van der Waals surface area contributed by atoms with Crippen LogP contribution >= 0.6 is 31.9 Å². The number of nitrogens with zero attached hydrogens (tertiary/aromatic N) is 1. The molecule has 96 valence electrons. The molecule has 2 aromatic rings. The molecule has 0 spiro atoms. The first-order valence-electron chi connectivity index (χ1n) is 5.47. The van der Waals surface area contributed by atoms with Crippen molar-refractivity contribution in [2.45, 2.75) is 6.54 Å². The van der Waals surface area contributed by atoms with Gasteiger partial charge in [0.25, 0.3) is 0 Å². The molecule has 5 heteroatoms. The standard InChI is InChI=1S/C14H9Br2FN2/c15-11-3-9(7-18)4-13(6-11)19-8-10-5-12(17)1-2-14(10)16/h1-6,19H,8H2. The van der Waals surface area contributed by atoms with Gasteiger partial charge in [-0.3, -0.25) is 0 Å². The summed E-state index contributed by atoms with van der Waals surface area (Å²) in [6.45, 7) is 0.472. The summed E-state index contributed by atoms with van der Waals surface area (Å²) in [4.78, 5) is 0. The van der Waals surface area contributed by atoms with Gasteiger partial charge < -0.3 is 5.32 Å². The van der Waals surface area contributed by atoms with Gasteiger partial charge in [0.2, 0.25) is 0 Å². The van der Waals surface area contributed by atoms with Crippen molar-refractivity contribution >= 4 is 37.5 Å². The van der Waals surface area contributed by atoms with Crippen molar-refractivity contribution in [1.82, 2.24) is 0 Å². The first-order valence-corrected chi connectivity index (χ1v) is 7.05. The molecule has 0 heterocycles. The molecule has 1 N–H and O–H groups in total. The lowest BCUT2D eigenvalue weighted by Crippen LogP contribution is -2.01. The van der Waals surface area contributed by atoms with Gasteiger partial charge in [-0.15, -0.1) is 0 Å². The van der Waals surface area contributed by atoms with Crippen molar-refractivity contribution in [3.8, 4) is 6.07 Å². The average molecular weight is 384 g/mol. The Hall–Kier alpha value is -1.38.